The summed E-state index contributed by atoms with van der Waals surface area (Å²) in [5.41, 5.74) is 0.162. The van der Waals surface area contributed by atoms with Gasteiger partial charge in [-0.15, -0.1) is 0 Å². The van der Waals surface area contributed by atoms with Gasteiger partial charge in [0.1, 0.15) is 34.2 Å². The molecule has 0 saturated heterocycles. The lowest BCUT2D eigenvalue weighted by molar-refractivity contribution is 0.155. The number of rotatable bonds is 5. The molecule has 2 aromatic rings. The normalized spacial score (nSPS) is 13.2. The highest BCUT2D eigenvalue weighted by Crippen LogP contribution is 2.25. The number of carbonyl (C=O) groups excluding carboxylic acids is 1. The molecule has 2 aromatic carbocycles. The van der Waals surface area contributed by atoms with Crippen LogP contribution in [0.1, 0.15) is 38.8 Å². The van der Waals surface area contributed by atoms with Gasteiger partial charge in [-0.25, -0.2) is 13.6 Å². The lowest BCUT2D eigenvalue weighted by atomic mass is 10.1. The molecule has 1 amide bonds. The largest absolute Gasteiger partial charge is 0.591 e. The van der Waals surface area contributed by atoms with E-state index < -0.39 is 39.5 Å². The number of hydrogen-bond acceptors (Lipinski definition) is 4. The molecule has 0 bridgehead atoms. The van der Waals surface area contributed by atoms with Crippen LogP contribution < -0.4 is 5.32 Å². The van der Waals surface area contributed by atoms with Crippen LogP contribution in [-0.2, 0) is 22.7 Å². The molecule has 0 aliphatic rings. The Morgan fingerprint density at radius 2 is 1.82 bits per heavy atom. The molecule has 150 valence electrons. The quantitative estimate of drug-likeness (QED) is 0.560. The molecule has 0 aliphatic carbocycles. The second kappa shape index (κ2) is 9.16. The molecule has 2 rings (SSSR count). The zero-order valence-corrected chi connectivity index (χ0v) is 16.9. The van der Waals surface area contributed by atoms with Gasteiger partial charge in [0.25, 0.3) is 0 Å². The van der Waals surface area contributed by atoms with Crippen LogP contribution in [0.3, 0.4) is 0 Å². The molecule has 5 nitrogen and oxygen atoms in total. The molecule has 0 spiro atoms. The molecule has 0 fully saturated rings. The molecule has 1 N–H and O–H groups in total. The van der Waals surface area contributed by atoms with Crippen molar-refractivity contribution < 1.29 is 22.9 Å². The van der Waals surface area contributed by atoms with E-state index in [1.165, 1.54) is 13.0 Å². The molecule has 0 aromatic heterocycles. The van der Waals surface area contributed by atoms with Gasteiger partial charge < -0.3 is 9.29 Å². The number of nitrogens with zero attached hydrogens (tertiary/aromatic N) is 1. The number of ether oxygens (including phenoxy) is 1. The van der Waals surface area contributed by atoms with Crippen molar-refractivity contribution in [2.45, 2.75) is 39.0 Å². The molecule has 1 unspecified atom stereocenters. The van der Waals surface area contributed by atoms with E-state index in [4.69, 9.17) is 4.74 Å². The fourth-order valence-electron chi connectivity index (χ4n) is 2.12. The van der Waals surface area contributed by atoms with E-state index in [0.717, 1.165) is 11.6 Å². The van der Waals surface area contributed by atoms with Gasteiger partial charge in [-0.2, -0.15) is 0 Å². The van der Waals surface area contributed by atoms with Crippen molar-refractivity contribution in [2.24, 2.45) is 4.40 Å². The van der Waals surface area contributed by atoms with E-state index in [9.17, 15) is 18.1 Å². The van der Waals surface area contributed by atoms with Gasteiger partial charge in [0, 0.05) is 5.56 Å². The first-order chi connectivity index (χ1) is 13.1. The van der Waals surface area contributed by atoms with Crippen LogP contribution in [0.5, 0.6) is 0 Å². The maximum Gasteiger partial charge on any atom is 0.412 e. The summed E-state index contributed by atoms with van der Waals surface area (Å²) in [5.74, 6) is -1.97. The first-order valence-electron chi connectivity index (χ1n) is 8.53. The molecular formula is C20H22F2N2O3S. The SMILES string of the molecule is C/C(=N\[S+]([O-])C(C)(C)C)c1ccc(F)c(NC(=O)OCc2ccccc2)c1F. The van der Waals surface area contributed by atoms with Crippen molar-refractivity contribution in [1.29, 1.82) is 0 Å². The van der Waals surface area contributed by atoms with Crippen LogP contribution in [0, 0.1) is 11.6 Å². The van der Waals surface area contributed by atoms with Crippen molar-refractivity contribution >= 4 is 28.9 Å². The van der Waals surface area contributed by atoms with Crippen LogP contribution in [0.25, 0.3) is 0 Å². The average molecular weight is 408 g/mol. The molecule has 1 atom stereocenters. The maximum absolute atomic E-state index is 14.8. The fraction of sp³-hybridized carbons (Fsp3) is 0.300. The van der Waals surface area contributed by atoms with Crippen molar-refractivity contribution in [3.63, 3.8) is 0 Å². The number of benzene rings is 2. The van der Waals surface area contributed by atoms with Gasteiger partial charge >= 0.3 is 6.09 Å². The van der Waals surface area contributed by atoms with Gasteiger partial charge in [-0.05, 0) is 45.4 Å². The van der Waals surface area contributed by atoms with Crippen LogP contribution in [0.2, 0.25) is 0 Å². The Hall–Kier alpha value is -2.45. The zero-order chi connectivity index (χ0) is 20.9. The van der Waals surface area contributed by atoms with E-state index in [-0.39, 0.29) is 17.9 Å². The van der Waals surface area contributed by atoms with E-state index in [1.807, 2.05) is 6.07 Å². The Morgan fingerprint density at radius 1 is 1.18 bits per heavy atom. The van der Waals surface area contributed by atoms with E-state index in [0.29, 0.717) is 0 Å². The first-order valence-corrected chi connectivity index (χ1v) is 9.63. The summed E-state index contributed by atoms with van der Waals surface area (Å²) in [6.45, 7) is 6.63. The average Bonchev–Trinajstić information content (AvgIpc) is 2.63. The van der Waals surface area contributed by atoms with Crippen molar-refractivity contribution in [3.05, 3.63) is 65.2 Å². The van der Waals surface area contributed by atoms with E-state index >= 15 is 0 Å². The van der Waals surface area contributed by atoms with Crippen molar-refractivity contribution in [2.75, 3.05) is 5.32 Å². The van der Waals surface area contributed by atoms with Crippen LogP contribution in [0.15, 0.2) is 46.9 Å². The summed E-state index contributed by atoms with van der Waals surface area (Å²) < 4.78 is 49.3. The standard InChI is InChI=1S/C20H22F2N2O3S/c1-13(24-28(26)20(2,3)4)15-10-11-16(21)18(17(15)22)23-19(25)27-12-14-8-6-5-7-9-14/h5-11H,12H2,1-4H3,(H,23,25)/b24-13+. The topological polar surface area (TPSA) is 73.8 Å². The van der Waals surface area contributed by atoms with Crippen LogP contribution >= 0.6 is 0 Å². The maximum atomic E-state index is 14.8. The Balaban J connectivity index is 2.18. The molecule has 0 aliphatic heterocycles. The minimum absolute atomic E-state index is 0.0410. The third kappa shape index (κ3) is 5.77. The molecule has 0 radical (unpaired) electrons. The minimum atomic E-state index is -1.61. The second-order valence-electron chi connectivity index (χ2n) is 7.01. The van der Waals surface area contributed by atoms with Gasteiger partial charge in [0.2, 0.25) is 0 Å². The summed E-state index contributed by atoms with van der Waals surface area (Å²) in [7, 11) is 0. The van der Waals surface area contributed by atoms with Gasteiger partial charge in [-0.1, -0.05) is 34.7 Å². The van der Waals surface area contributed by atoms with Gasteiger partial charge in [0.15, 0.2) is 5.82 Å². The molecule has 8 heteroatoms. The third-order valence-electron chi connectivity index (χ3n) is 3.66. The predicted molar refractivity (Wildman–Crippen MR) is 107 cm³/mol. The number of nitrogens with one attached hydrogen (secondary N) is 1. The second-order valence-corrected chi connectivity index (χ2v) is 8.91. The Morgan fingerprint density at radius 3 is 2.43 bits per heavy atom. The number of hydrogen-bond donors (Lipinski definition) is 1. The summed E-state index contributed by atoms with van der Waals surface area (Å²) in [5, 5.41) is 2.09. The monoisotopic (exact) mass is 408 g/mol. The van der Waals surface area contributed by atoms with E-state index in [1.54, 1.807) is 45.0 Å². The van der Waals surface area contributed by atoms with Crippen molar-refractivity contribution in [3.8, 4) is 0 Å². The number of amides is 1. The molecule has 0 saturated carbocycles. The van der Waals surface area contributed by atoms with Gasteiger partial charge in [0.05, 0.1) is 5.71 Å². The predicted octanol–water partition coefficient (Wildman–Crippen LogP) is 4.98. The Labute approximate surface area is 166 Å². The molecular weight excluding hydrogens is 386 g/mol. The fourth-order valence-corrected chi connectivity index (χ4v) is 2.74. The highest BCUT2D eigenvalue weighted by atomic mass is 32.2. The first kappa shape index (κ1) is 21.8. The Kier molecular flexibility index (Phi) is 7.15. The number of halogens is 2. The lowest BCUT2D eigenvalue weighted by Gasteiger charge is -2.19. The zero-order valence-electron chi connectivity index (χ0n) is 16.1. The minimum Gasteiger partial charge on any atom is -0.591 e. The van der Waals surface area contributed by atoms with Crippen LogP contribution in [0.4, 0.5) is 19.3 Å². The smallest absolute Gasteiger partial charge is 0.412 e. The summed E-state index contributed by atoms with van der Waals surface area (Å²) in [6, 6.07) is 11.1. The number of anilines is 1. The van der Waals surface area contributed by atoms with Crippen molar-refractivity contribution in [1.82, 2.24) is 0 Å². The molecule has 28 heavy (non-hydrogen) atoms. The summed E-state index contributed by atoms with van der Waals surface area (Å²) >= 11 is -1.61. The highest BCUT2D eigenvalue weighted by molar-refractivity contribution is 7.91. The Bertz CT molecular complexity index is 868. The summed E-state index contributed by atoms with van der Waals surface area (Å²) in [6.07, 6.45) is -0.994. The number of carbonyl (C=O) groups is 1. The van der Waals surface area contributed by atoms with Gasteiger partial charge in [-0.3, -0.25) is 5.32 Å². The van der Waals surface area contributed by atoms with E-state index in [2.05, 4.69) is 9.71 Å². The molecule has 0 heterocycles. The summed E-state index contributed by atoms with van der Waals surface area (Å²) in [4.78, 5) is 11.9. The van der Waals surface area contributed by atoms with Crippen LogP contribution in [-0.4, -0.2) is 21.1 Å². The third-order valence-corrected chi connectivity index (χ3v) is 5.15. The highest BCUT2D eigenvalue weighted by Gasteiger charge is 2.27. The lowest BCUT2D eigenvalue weighted by Crippen LogP contribution is -2.27.